The third kappa shape index (κ3) is 4.08. The first-order valence-electron chi connectivity index (χ1n) is 6.50. The van der Waals surface area contributed by atoms with E-state index in [0.717, 1.165) is 4.47 Å². The molecule has 112 valence electrons. The van der Waals surface area contributed by atoms with Crippen molar-refractivity contribution in [2.45, 2.75) is 26.2 Å². The highest BCUT2D eigenvalue weighted by Crippen LogP contribution is 2.32. The topological polar surface area (TPSA) is 47.0 Å². The van der Waals surface area contributed by atoms with Crippen LogP contribution in [0.3, 0.4) is 0 Å². The summed E-state index contributed by atoms with van der Waals surface area (Å²) in [6.45, 7) is 6.16. The zero-order valence-electron chi connectivity index (χ0n) is 12.4. The lowest BCUT2D eigenvalue weighted by atomic mass is 9.96. The summed E-state index contributed by atoms with van der Waals surface area (Å²) in [7, 11) is 1.81. The summed E-state index contributed by atoms with van der Waals surface area (Å²) in [6.07, 6.45) is 0. The highest BCUT2D eigenvalue weighted by Gasteiger charge is 2.20. The van der Waals surface area contributed by atoms with Gasteiger partial charge in [-0.2, -0.15) is 4.98 Å². The van der Waals surface area contributed by atoms with Gasteiger partial charge in [0.25, 0.3) is 0 Å². The molecule has 0 atom stereocenters. The number of ether oxygens (including phenoxy) is 1. The number of aromatic nitrogens is 2. The average Bonchev–Trinajstić information content (AvgIpc) is 2.40. The molecule has 1 aromatic heterocycles. The molecule has 0 bridgehead atoms. The maximum atomic E-state index is 6.17. The Labute approximate surface area is 138 Å². The van der Waals surface area contributed by atoms with Crippen LogP contribution < -0.4 is 10.1 Å². The molecule has 0 spiro atoms. The average molecular weight is 371 g/mol. The van der Waals surface area contributed by atoms with Gasteiger partial charge in [-0.25, -0.2) is 4.98 Å². The fourth-order valence-electron chi connectivity index (χ4n) is 1.61. The van der Waals surface area contributed by atoms with E-state index in [1.54, 1.807) is 18.2 Å². The van der Waals surface area contributed by atoms with Gasteiger partial charge in [-0.1, -0.05) is 48.3 Å². The normalized spacial score (nSPS) is 11.3. The summed E-state index contributed by atoms with van der Waals surface area (Å²) in [4.78, 5) is 8.93. The first-order chi connectivity index (χ1) is 9.79. The number of hydrogen-bond donors (Lipinski definition) is 1. The summed E-state index contributed by atoms with van der Waals surface area (Å²) in [5, 5.41) is 3.54. The number of nitrogens with one attached hydrogen (secondary N) is 1. The van der Waals surface area contributed by atoms with Crippen LogP contribution in [0.4, 0.5) is 5.82 Å². The fourth-order valence-corrected chi connectivity index (χ4v) is 2.32. The fraction of sp³-hybridized carbons (Fsp3) is 0.333. The van der Waals surface area contributed by atoms with Crippen LogP contribution in [0, 0.1) is 0 Å². The maximum absolute atomic E-state index is 6.17. The van der Waals surface area contributed by atoms with Gasteiger partial charge < -0.3 is 10.1 Å². The van der Waals surface area contributed by atoms with Gasteiger partial charge in [-0.15, -0.1) is 0 Å². The largest absolute Gasteiger partial charge is 0.437 e. The molecule has 0 aliphatic carbocycles. The molecule has 0 aliphatic rings. The second kappa shape index (κ2) is 6.20. The molecule has 2 rings (SSSR count). The molecule has 6 heteroatoms. The van der Waals surface area contributed by atoms with Gasteiger partial charge in [0, 0.05) is 23.0 Å². The van der Waals surface area contributed by atoms with Crippen molar-refractivity contribution in [1.82, 2.24) is 9.97 Å². The number of rotatable bonds is 3. The Bertz CT molecular complexity index is 656. The second-order valence-corrected chi connectivity index (χ2v) is 6.91. The number of hydrogen-bond acceptors (Lipinski definition) is 4. The van der Waals surface area contributed by atoms with E-state index >= 15 is 0 Å². The maximum Gasteiger partial charge on any atom is 0.224 e. The van der Waals surface area contributed by atoms with E-state index in [4.69, 9.17) is 16.3 Å². The number of anilines is 1. The molecule has 4 nitrogen and oxygen atoms in total. The molecule has 0 aliphatic heterocycles. The van der Waals surface area contributed by atoms with E-state index in [1.807, 2.05) is 13.1 Å². The smallest absolute Gasteiger partial charge is 0.224 e. The molecule has 1 heterocycles. The van der Waals surface area contributed by atoms with Crippen LogP contribution in [-0.4, -0.2) is 17.0 Å². The Morgan fingerprint density at radius 1 is 1.19 bits per heavy atom. The predicted octanol–water partition coefficient (Wildman–Crippen LogP) is 5.02. The Hall–Kier alpha value is -1.33. The summed E-state index contributed by atoms with van der Waals surface area (Å²) in [5.74, 6) is 2.43. The molecule has 0 saturated heterocycles. The van der Waals surface area contributed by atoms with Gasteiger partial charge in [0.2, 0.25) is 5.88 Å². The monoisotopic (exact) mass is 369 g/mol. The molecule has 1 aromatic carbocycles. The lowest BCUT2D eigenvalue weighted by molar-refractivity contribution is 0.446. The minimum absolute atomic E-state index is 0.172. The standard InChI is InChI=1S/C15H17BrClN3O/c1-15(2,3)14-19-12(18-4)8-13(20-14)21-11-6-5-9(16)7-10(11)17/h5-8H,1-4H3,(H,18,19,20). The molecule has 0 fully saturated rings. The number of halogens is 2. The number of nitrogens with zero attached hydrogens (tertiary/aromatic N) is 2. The summed E-state index contributed by atoms with van der Waals surface area (Å²) in [5.41, 5.74) is -0.172. The highest BCUT2D eigenvalue weighted by molar-refractivity contribution is 9.10. The molecule has 1 N–H and O–H groups in total. The third-order valence-electron chi connectivity index (χ3n) is 2.74. The van der Waals surface area contributed by atoms with E-state index in [-0.39, 0.29) is 5.41 Å². The lowest BCUT2D eigenvalue weighted by Gasteiger charge is -2.18. The molecular weight excluding hydrogens is 354 g/mol. The van der Waals surface area contributed by atoms with Crippen molar-refractivity contribution >= 4 is 33.3 Å². The van der Waals surface area contributed by atoms with Crippen LogP contribution in [-0.2, 0) is 5.41 Å². The first kappa shape index (κ1) is 16.0. The van der Waals surface area contributed by atoms with Crippen molar-refractivity contribution in [3.8, 4) is 11.6 Å². The summed E-state index contributed by atoms with van der Waals surface area (Å²) < 4.78 is 6.70. The molecule has 0 amide bonds. The molecule has 2 aromatic rings. The molecular formula is C15H17BrClN3O. The zero-order chi connectivity index (χ0) is 15.6. The van der Waals surface area contributed by atoms with Crippen LogP contribution in [0.5, 0.6) is 11.6 Å². The van der Waals surface area contributed by atoms with Crippen LogP contribution in [0.2, 0.25) is 5.02 Å². The second-order valence-electron chi connectivity index (χ2n) is 5.59. The van der Waals surface area contributed by atoms with E-state index in [0.29, 0.717) is 28.3 Å². The van der Waals surface area contributed by atoms with Crippen molar-refractivity contribution in [2.24, 2.45) is 0 Å². The molecule has 21 heavy (non-hydrogen) atoms. The van der Waals surface area contributed by atoms with Crippen LogP contribution in [0.25, 0.3) is 0 Å². The Morgan fingerprint density at radius 2 is 1.90 bits per heavy atom. The van der Waals surface area contributed by atoms with Gasteiger partial charge in [0.05, 0.1) is 5.02 Å². The SMILES string of the molecule is CNc1cc(Oc2ccc(Br)cc2Cl)nc(C(C)(C)C)n1. The van der Waals surface area contributed by atoms with E-state index in [2.05, 4.69) is 52.0 Å². The quantitative estimate of drug-likeness (QED) is 0.823. The van der Waals surface area contributed by atoms with Gasteiger partial charge in [0.1, 0.15) is 17.4 Å². The van der Waals surface area contributed by atoms with Crippen molar-refractivity contribution in [3.05, 3.63) is 39.6 Å². The van der Waals surface area contributed by atoms with E-state index in [9.17, 15) is 0 Å². The van der Waals surface area contributed by atoms with Crippen molar-refractivity contribution in [3.63, 3.8) is 0 Å². The molecule has 0 unspecified atom stereocenters. The third-order valence-corrected chi connectivity index (χ3v) is 3.53. The van der Waals surface area contributed by atoms with Crippen molar-refractivity contribution < 1.29 is 4.74 Å². The predicted molar refractivity (Wildman–Crippen MR) is 89.5 cm³/mol. The lowest BCUT2D eigenvalue weighted by Crippen LogP contribution is -2.17. The molecule has 0 saturated carbocycles. The van der Waals surface area contributed by atoms with Crippen molar-refractivity contribution in [1.29, 1.82) is 0 Å². The first-order valence-corrected chi connectivity index (χ1v) is 7.67. The van der Waals surface area contributed by atoms with E-state index in [1.165, 1.54) is 0 Å². The Balaban J connectivity index is 2.39. The Morgan fingerprint density at radius 3 is 2.48 bits per heavy atom. The minimum atomic E-state index is -0.172. The minimum Gasteiger partial charge on any atom is -0.437 e. The van der Waals surface area contributed by atoms with Crippen LogP contribution in [0.1, 0.15) is 26.6 Å². The highest BCUT2D eigenvalue weighted by atomic mass is 79.9. The molecule has 0 radical (unpaired) electrons. The summed E-state index contributed by atoms with van der Waals surface area (Å²) >= 11 is 9.54. The van der Waals surface area contributed by atoms with E-state index < -0.39 is 0 Å². The van der Waals surface area contributed by atoms with Gasteiger partial charge >= 0.3 is 0 Å². The Kier molecular flexibility index (Phi) is 4.74. The van der Waals surface area contributed by atoms with Gasteiger partial charge in [-0.05, 0) is 18.2 Å². The van der Waals surface area contributed by atoms with Crippen LogP contribution in [0.15, 0.2) is 28.7 Å². The number of benzene rings is 1. The van der Waals surface area contributed by atoms with Crippen molar-refractivity contribution in [2.75, 3.05) is 12.4 Å². The van der Waals surface area contributed by atoms with Gasteiger partial charge in [0.15, 0.2) is 0 Å². The van der Waals surface area contributed by atoms with Crippen LogP contribution >= 0.6 is 27.5 Å². The van der Waals surface area contributed by atoms with Gasteiger partial charge in [-0.3, -0.25) is 0 Å². The zero-order valence-corrected chi connectivity index (χ0v) is 14.7. The summed E-state index contributed by atoms with van der Waals surface area (Å²) in [6, 6.07) is 7.19.